The first-order valence-corrected chi connectivity index (χ1v) is 14.0. The van der Waals surface area contributed by atoms with Gasteiger partial charge >= 0.3 is 6.09 Å². The van der Waals surface area contributed by atoms with Crippen LogP contribution in [0.2, 0.25) is 0 Å². The van der Waals surface area contributed by atoms with Crippen LogP contribution in [-0.2, 0) is 19.1 Å². The lowest BCUT2D eigenvalue weighted by atomic mass is 9.94. The Bertz CT molecular complexity index is 1450. The van der Waals surface area contributed by atoms with E-state index in [1.54, 1.807) is 26.8 Å². The molecule has 9 heteroatoms. The summed E-state index contributed by atoms with van der Waals surface area (Å²) in [7, 11) is 0. The highest BCUT2D eigenvalue weighted by Gasteiger charge is 2.42. The van der Waals surface area contributed by atoms with Crippen molar-refractivity contribution < 1.29 is 23.9 Å². The SMILES string of the molecule is Cc1cccc(C(C(=O)Nc2ccc3ccccc3c2)N(C(=O)C(CCC(N)=O)NC(=O)OC(C)(C)C)C(C)(C)C)c1. The van der Waals surface area contributed by atoms with Crippen LogP contribution in [0.25, 0.3) is 10.8 Å². The molecule has 3 rings (SSSR count). The zero-order chi connectivity index (χ0) is 31.2. The van der Waals surface area contributed by atoms with E-state index in [4.69, 9.17) is 10.5 Å². The minimum absolute atomic E-state index is 0.0627. The van der Waals surface area contributed by atoms with Crippen LogP contribution in [0.4, 0.5) is 10.5 Å². The number of fused-ring (bicyclic) bond motifs is 1. The van der Waals surface area contributed by atoms with Gasteiger partial charge in [0.1, 0.15) is 17.7 Å². The van der Waals surface area contributed by atoms with Crippen molar-refractivity contribution in [3.8, 4) is 0 Å². The molecule has 0 heterocycles. The number of alkyl carbamates (subject to hydrolysis) is 1. The maximum Gasteiger partial charge on any atom is 0.408 e. The Hall–Kier alpha value is -4.40. The molecule has 224 valence electrons. The molecule has 3 aromatic rings. The minimum Gasteiger partial charge on any atom is -0.444 e. The molecule has 0 aliphatic heterocycles. The lowest BCUT2D eigenvalue weighted by Gasteiger charge is -2.43. The topological polar surface area (TPSA) is 131 Å². The van der Waals surface area contributed by atoms with Crippen LogP contribution in [-0.4, -0.2) is 45.9 Å². The average molecular weight is 575 g/mol. The number of benzene rings is 3. The Morgan fingerprint density at radius 1 is 0.881 bits per heavy atom. The molecule has 0 fully saturated rings. The van der Waals surface area contributed by atoms with Gasteiger partial charge in [0.15, 0.2) is 0 Å². The van der Waals surface area contributed by atoms with Gasteiger partial charge in [-0.15, -0.1) is 0 Å². The monoisotopic (exact) mass is 574 g/mol. The fourth-order valence-corrected chi connectivity index (χ4v) is 4.74. The number of hydrogen-bond donors (Lipinski definition) is 3. The Balaban J connectivity index is 2.07. The molecule has 42 heavy (non-hydrogen) atoms. The number of nitrogens with one attached hydrogen (secondary N) is 2. The van der Waals surface area contributed by atoms with Crippen LogP contribution in [0, 0.1) is 6.92 Å². The van der Waals surface area contributed by atoms with Gasteiger partial charge < -0.3 is 26.0 Å². The summed E-state index contributed by atoms with van der Waals surface area (Å²) in [6, 6.07) is 18.6. The quantitative estimate of drug-likeness (QED) is 0.306. The standard InChI is InChI=1S/C33H42N4O5/c1-21-11-10-14-24(19-21)28(29(39)35-25-16-15-22-12-8-9-13-23(22)20-25)37(32(2,3)4)30(40)26(17-18-27(34)38)36-31(41)42-33(5,6)7/h8-16,19-20,26,28H,17-18H2,1-7H3,(H2,34,38)(H,35,39)(H,36,41). The third-order valence-corrected chi connectivity index (χ3v) is 6.51. The number of hydrogen-bond acceptors (Lipinski definition) is 5. The lowest BCUT2D eigenvalue weighted by Crippen LogP contribution is -2.58. The predicted octanol–water partition coefficient (Wildman–Crippen LogP) is 5.61. The molecule has 0 aliphatic rings. The highest BCUT2D eigenvalue weighted by Crippen LogP contribution is 2.32. The number of carbonyl (C=O) groups is 4. The van der Waals surface area contributed by atoms with Gasteiger partial charge in [-0.2, -0.15) is 0 Å². The fourth-order valence-electron chi connectivity index (χ4n) is 4.74. The number of ether oxygens (including phenoxy) is 1. The number of anilines is 1. The van der Waals surface area contributed by atoms with Crippen molar-refractivity contribution in [2.24, 2.45) is 5.73 Å². The third-order valence-electron chi connectivity index (χ3n) is 6.51. The molecule has 0 spiro atoms. The van der Waals surface area contributed by atoms with E-state index in [0.717, 1.165) is 16.3 Å². The summed E-state index contributed by atoms with van der Waals surface area (Å²) in [5.74, 6) is -1.59. The molecular formula is C33H42N4O5. The van der Waals surface area contributed by atoms with E-state index >= 15 is 0 Å². The molecule has 4 amide bonds. The lowest BCUT2D eigenvalue weighted by molar-refractivity contribution is -0.147. The predicted molar refractivity (Wildman–Crippen MR) is 165 cm³/mol. The largest absolute Gasteiger partial charge is 0.444 e. The van der Waals surface area contributed by atoms with E-state index in [9.17, 15) is 19.2 Å². The molecule has 0 bridgehead atoms. The number of nitrogens with two attached hydrogens (primary N) is 1. The van der Waals surface area contributed by atoms with E-state index in [1.807, 2.05) is 88.4 Å². The number of amides is 4. The zero-order valence-corrected chi connectivity index (χ0v) is 25.5. The van der Waals surface area contributed by atoms with Crippen LogP contribution in [0.1, 0.15) is 71.6 Å². The zero-order valence-electron chi connectivity index (χ0n) is 25.5. The highest BCUT2D eigenvalue weighted by molar-refractivity contribution is 6.00. The first-order chi connectivity index (χ1) is 19.5. The normalized spacial score (nSPS) is 13.1. The Kier molecular flexibility index (Phi) is 9.99. The summed E-state index contributed by atoms with van der Waals surface area (Å²) in [4.78, 5) is 54.4. The van der Waals surface area contributed by atoms with Crippen molar-refractivity contribution in [2.45, 2.75) is 84.5 Å². The highest BCUT2D eigenvalue weighted by atomic mass is 16.6. The second kappa shape index (κ2) is 13.1. The molecule has 4 N–H and O–H groups in total. The van der Waals surface area contributed by atoms with Gasteiger partial charge in [-0.25, -0.2) is 4.79 Å². The number of aryl methyl sites for hydroxylation is 1. The summed E-state index contributed by atoms with van der Waals surface area (Å²) >= 11 is 0. The Labute approximate surface area is 247 Å². The van der Waals surface area contributed by atoms with Crippen molar-refractivity contribution >= 4 is 40.3 Å². The Morgan fingerprint density at radius 3 is 2.14 bits per heavy atom. The summed E-state index contributed by atoms with van der Waals surface area (Å²) in [6.07, 6.45) is -1.03. The summed E-state index contributed by atoms with van der Waals surface area (Å²) in [6.45, 7) is 12.5. The van der Waals surface area contributed by atoms with Gasteiger partial charge in [-0.1, -0.05) is 60.2 Å². The molecule has 0 saturated carbocycles. The van der Waals surface area contributed by atoms with Gasteiger partial charge in [0, 0.05) is 17.6 Å². The van der Waals surface area contributed by atoms with Crippen molar-refractivity contribution in [2.75, 3.05) is 5.32 Å². The molecule has 3 aromatic carbocycles. The Morgan fingerprint density at radius 2 is 1.55 bits per heavy atom. The fraction of sp³-hybridized carbons (Fsp3) is 0.394. The first kappa shape index (κ1) is 32.1. The van der Waals surface area contributed by atoms with E-state index in [1.165, 1.54) is 4.90 Å². The van der Waals surface area contributed by atoms with Gasteiger partial charge in [-0.05, 0) is 83.4 Å². The second-order valence-corrected chi connectivity index (χ2v) is 12.5. The summed E-state index contributed by atoms with van der Waals surface area (Å²) in [5, 5.41) is 7.61. The van der Waals surface area contributed by atoms with Gasteiger partial charge in [0.25, 0.3) is 5.91 Å². The van der Waals surface area contributed by atoms with Crippen molar-refractivity contribution in [3.05, 3.63) is 77.9 Å². The maximum atomic E-state index is 14.4. The summed E-state index contributed by atoms with van der Waals surface area (Å²) < 4.78 is 5.40. The molecule has 0 aliphatic carbocycles. The van der Waals surface area contributed by atoms with Crippen LogP contribution in [0.5, 0.6) is 0 Å². The number of primary amides is 1. The minimum atomic E-state index is -1.17. The summed E-state index contributed by atoms with van der Waals surface area (Å²) in [5.41, 5.74) is 5.80. The van der Waals surface area contributed by atoms with Gasteiger partial charge in [-0.3, -0.25) is 14.4 Å². The van der Waals surface area contributed by atoms with Crippen LogP contribution in [0.3, 0.4) is 0 Å². The molecule has 0 aromatic heterocycles. The van der Waals surface area contributed by atoms with Crippen molar-refractivity contribution in [3.63, 3.8) is 0 Å². The van der Waals surface area contributed by atoms with Gasteiger partial charge in [0.2, 0.25) is 11.8 Å². The smallest absolute Gasteiger partial charge is 0.408 e. The van der Waals surface area contributed by atoms with E-state index < -0.39 is 47.0 Å². The van der Waals surface area contributed by atoms with E-state index in [-0.39, 0.29) is 12.8 Å². The van der Waals surface area contributed by atoms with E-state index in [2.05, 4.69) is 10.6 Å². The number of nitrogens with zero attached hydrogens (tertiary/aromatic N) is 1. The molecule has 9 nitrogen and oxygen atoms in total. The van der Waals surface area contributed by atoms with Crippen molar-refractivity contribution in [1.82, 2.24) is 10.2 Å². The van der Waals surface area contributed by atoms with Crippen molar-refractivity contribution in [1.29, 1.82) is 0 Å². The molecule has 2 unspecified atom stereocenters. The van der Waals surface area contributed by atoms with Crippen LogP contribution in [0.15, 0.2) is 66.7 Å². The average Bonchev–Trinajstić information content (AvgIpc) is 2.87. The molecule has 0 saturated heterocycles. The number of carbonyl (C=O) groups excluding carboxylic acids is 4. The van der Waals surface area contributed by atoms with E-state index in [0.29, 0.717) is 11.3 Å². The third kappa shape index (κ3) is 8.80. The molecule has 2 atom stereocenters. The molecule has 0 radical (unpaired) electrons. The number of rotatable bonds is 9. The molecular weight excluding hydrogens is 532 g/mol. The maximum absolute atomic E-state index is 14.4. The van der Waals surface area contributed by atoms with Crippen LogP contribution < -0.4 is 16.4 Å². The second-order valence-electron chi connectivity index (χ2n) is 12.5. The van der Waals surface area contributed by atoms with Gasteiger partial charge in [0.05, 0.1) is 0 Å². The van der Waals surface area contributed by atoms with Crippen LogP contribution >= 0.6 is 0 Å². The first-order valence-electron chi connectivity index (χ1n) is 14.0.